The molecule has 1 amide bonds. The number of nitrogens with two attached hydrogens (primary N) is 1. The lowest BCUT2D eigenvalue weighted by atomic mass is 10.1. The monoisotopic (exact) mass is 544 g/mol. The Morgan fingerprint density at radius 3 is 2.46 bits per heavy atom. The summed E-state index contributed by atoms with van der Waals surface area (Å²) in [4.78, 5) is 16.8. The van der Waals surface area contributed by atoms with Gasteiger partial charge in [0, 0.05) is 29.1 Å². The lowest BCUT2D eigenvalue weighted by molar-refractivity contribution is 0.102. The van der Waals surface area contributed by atoms with E-state index in [1.54, 1.807) is 46.8 Å². The van der Waals surface area contributed by atoms with Crippen molar-refractivity contribution in [2.45, 2.75) is 13.8 Å². The maximum Gasteiger partial charge on any atom is 0.255 e. The Morgan fingerprint density at radius 1 is 1.19 bits per heavy atom. The molecule has 1 aromatic heterocycles. The lowest BCUT2D eigenvalue weighted by Crippen LogP contribution is -2.36. The molecule has 4 rings (SSSR count). The zero-order chi connectivity index (χ0) is 27.2. The van der Waals surface area contributed by atoms with Crippen LogP contribution in [0, 0.1) is 5.82 Å². The molecule has 1 atom stereocenters. The second-order valence-electron chi connectivity index (χ2n) is 7.40. The van der Waals surface area contributed by atoms with Gasteiger partial charge in [0.05, 0.1) is 28.8 Å². The van der Waals surface area contributed by atoms with E-state index in [9.17, 15) is 13.4 Å². The topological polar surface area (TPSA) is 97.6 Å². The summed E-state index contributed by atoms with van der Waals surface area (Å²) in [7, 11) is -1.14. The highest BCUT2D eigenvalue weighted by Gasteiger charge is 2.19. The van der Waals surface area contributed by atoms with Crippen LogP contribution in [0.5, 0.6) is 0 Å². The number of carbonyl (C=O) groups is 1. The van der Waals surface area contributed by atoms with Crippen LogP contribution in [0.2, 0.25) is 5.02 Å². The van der Waals surface area contributed by atoms with Gasteiger partial charge < -0.3 is 15.8 Å². The van der Waals surface area contributed by atoms with Crippen LogP contribution in [0.1, 0.15) is 24.2 Å². The van der Waals surface area contributed by atoms with E-state index in [1.807, 2.05) is 26.0 Å². The molecular weight excluding hydrogens is 515 g/mol. The van der Waals surface area contributed by atoms with Crippen molar-refractivity contribution in [2.24, 2.45) is 5.73 Å². The molecule has 1 aliphatic rings. The Kier molecular flexibility index (Phi) is 12.5. The molecule has 2 aromatic carbocycles. The summed E-state index contributed by atoms with van der Waals surface area (Å²) >= 11 is 6.22. The quantitative estimate of drug-likeness (QED) is 0.397. The molecule has 196 valence electrons. The molecule has 10 heteroatoms. The Balaban J connectivity index is 0.000000616. The second kappa shape index (κ2) is 15.6. The van der Waals surface area contributed by atoms with Crippen molar-refractivity contribution in [3.05, 3.63) is 102 Å². The molecule has 2 heterocycles. The number of rotatable bonds is 4. The van der Waals surface area contributed by atoms with E-state index >= 15 is 0 Å². The van der Waals surface area contributed by atoms with Gasteiger partial charge in [-0.05, 0) is 68.6 Å². The van der Waals surface area contributed by atoms with Gasteiger partial charge in [0.25, 0.3) is 5.91 Å². The fourth-order valence-electron chi connectivity index (χ4n) is 2.97. The van der Waals surface area contributed by atoms with Crippen LogP contribution in [0.3, 0.4) is 0 Å². The van der Waals surface area contributed by atoms with E-state index in [4.69, 9.17) is 16.3 Å². The van der Waals surface area contributed by atoms with E-state index in [-0.39, 0.29) is 12.6 Å². The molecule has 0 radical (unpaired) electrons. The number of amides is 1. The molecule has 37 heavy (non-hydrogen) atoms. The number of allylic oxidation sites excluding steroid dienone is 2. The zero-order valence-corrected chi connectivity index (χ0v) is 22.3. The molecule has 0 saturated carbocycles. The standard InChI is InChI=1S/C21H17ClFN3O3S.C4H8.C2H5N/c22-19-6-3-16(12-18(19)20-11-15(23)7-8-24-20)25-21(27)14-1-4-17(5-2-14)26-13-29-9-10-30(26)28;1-3-4-2;1-2-3/h1-8,11-12H,9-10,13H2,(H,25,27);3-4H,1-2H3;2H,1,3H2/b;4-3-;. The van der Waals surface area contributed by atoms with Crippen LogP contribution in [-0.4, -0.2) is 34.2 Å². The lowest BCUT2D eigenvalue weighted by Gasteiger charge is -2.27. The predicted molar refractivity (Wildman–Crippen MR) is 150 cm³/mol. The average Bonchev–Trinajstić information content (AvgIpc) is 2.91. The first-order valence-electron chi connectivity index (χ1n) is 11.3. The van der Waals surface area contributed by atoms with Crippen molar-refractivity contribution in [3.8, 4) is 11.3 Å². The number of hydrogen-bond donors (Lipinski definition) is 2. The average molecular weight is 545 g/mol. The van der Waals surface area contributed by atoms with Crippen LogP contribution in [-0.2, 0) is 15.7 Å². The van der Waals surface area contributed by atoms with Crippen LogP contribution in [0.15, 0.2) is 85.7 Å². The van der Waals surface area contributed by atoms with E-state index in [1.165, 1.54) is 24.5 Å². The van der Waals surface area contributed by atoms with E-state index in [0.29, 0.717) is 39.9 Å². The fourth-order valence-corrected chi connectivity index (χ4v) is 4.22. The minimum Gasteiger partial charge on any atom is -0.405 e. The van der Waals surface area contributed by atoms with Gasteiger partial charge in [-0.1, -0.05) is 30.3 Å². The Morgan fingerprint density at radius 2 is 1.86 bits per heavy atom. The minimum atomic E-state index is -1.14. The van der Waals surface area contributed by atoms with Gasteiger partial charge in [-0.2, -0.15) is 0 Å². The minimum absolute atomic E-state index is 0.250. The number of carbonyl (C=O) groups excluding carboxylic acids is 1. The molecule has 1 aliphatic heterocycles. The van der Waals surface area contributed by atoms with Crippen molar-refractivity contribution in [3.63, 3.8) is 0 Å². The number of hydrogen-bond acceptors (Lipinski definition) is 5. The van der Waals surface area contributed by atoms with Crippen LogP contribution < -0.4 is 15.4 Å². The highest BCUT2D eigenvalue weighted by atomic mass is 35.5. The second-order valence-corrected chi connectivity index (χ2v) is 9.30. The van der Waals surface area contributed by atoms with Gasteiger partial charge in [-0.25, -0.2) is 8.60 Å². The van der Waals surface area contributed by atoms with Gasteiger partial charge in [0.1, 0.15) is 23.5 Å². The molecule has 7 nitrogen and oxygen atoms in total. The largest absolute Gasteiger partial charge is 0.405 e. The molecule has 3 N–H and O–H groups in total. The highest BCUT2D eigenvalue weighted by Crippen LogP contribution is 2.30. The van der Waals surface area contributed by atoms with Crippen LogP contribution >= 0.6 is 11.6 Å². The number of benzene rings is 2. The molecule has 1 saturated heterocycles. The molecule has 0 aliphatic carbocycles. The van der Waals surface area contributed by atoms with Gasteiger partial charge in [-0.15, -0.1) is 0 Å². The van der Waals surface area contributed by atoms with Gasteiger partial charge in [-0.3, -0.25) is 14.1 Å². The molecular formula is C27H30ClFN4O3S. The van der Waals surface area contributed by atoms with Gasteiger partial charge in [0.15, 0.2) is 0 Å². The first kappa shape index (κ1) is 29.7. The fraction of sp³-hybridized carbons (Fsp3) is 0.185. The number of nitrogens with zero attached hydrogens (tertiary/aromatic N) is 2. The molecule has 3 aromatic rings. The van der Waals surface area contributed by atoms with Crippen LogP contribution in [0.4, 0.5) is 15.8 Å². The number of ether oxygens (including phenoxy) is 1. The normalized spacial score (nSPS) is 14.6. The van der Waals surface area contributed by atoms with Crippen molar-refractivity contribution in [2.75, 3.05) is 28.7 Å². The van der Waals surface area contributed by atoms with Crippen molar-refractivity contribution < 1.29 is 18.1 Å². The number of pyridine rings is 1. The van der Waals surface area contributed by atoms with Crippen molar-refractivity contribution in [1.29, 1.82) is 0 Å². The Labute approximate surface area is 224 Å². The SMILES string of the molecule is C/C=C\C.C=CN.O=C(Nc1ccc(Cl)c(-c2cc(F)ccn2)c1)c1ccc(N2COCCS2=O)cc1. The van der Waals surface area contributed by atoms with E-state index < -0.39 is 16.8 Å². The van der Waals surface area contributed by atoms with Gasteiger partial charge in [0.2, 0.25) is 0 Å². The summed E-state index contributed by atoms with van der Waals surface area (Å²) in [6, 6.07) is 14.2. The highest BCUT2D eigenvalue weighted by molar-refractivity contribution is 7.86. The third-order valence-electron chi connectivity index (χ3n) is 4.83. The zero-order valence-electron chi connectivity index (χ0n) is 20.7. The Bertz CT molecular complexity index is 1230. The maximum absolute atomic E-state index is 13.5. The van der Waals surface area contributed by atoms with E-state index in [2.05, 4.69) is 22.6 Å². The van der Waals surface area contributed by atoms with Crippen molar-refractivity contribution >= 4 is 39.9 Å². The van der Waals surface area contributed by atoms with Gasteiger partial charge >= 0.3 is 0 Å². The molecule has 1 fully saturated rings. The Hall–Kier alpha value is -3.53. The third kappa shape index (κ3) is 9.13. The number of halogens is 2. The molecule has 1 unspecified atom stereocenters. The number of anilines is 2. The van der Waals surface area contributed by atoms with Crippen molar-refractivity contribution in [1.82, 2.24) is 4.98 Å². The summed E-state index contributed by atoms with van der Waals surface area (Å²) in [5.41, 5.74) is 7.15. The smallest absolute Gasteiger partial charge is 0.255 e. The summed E-state index contributed by atoms with van der Waals surface area (Å²) in [6.45, 7) is 7.86. The predicted octanol–water partition coefficient (Wildman–Crippen LogP) is 5.92. The maximum atomic E-state index is 13.5. The summed E-state index contributed by atoms with van der Waals surface area (Å²) in [5, 5.41) is 3.20. The van der Waals surface area contributed by atoms with E-state index in [0.717, 1.165) is 5.69 Å². The number of aromatic nitrogens is 1. The summed E-state index contributed by atoms with van der Waals surface area (Å²) < 4.78 is 32.6. The molecule has 0 bridgehead atoms. The summed E-state index contributed by atoms with van der Waals surface area (Å²) in [6.07, 6.45) is 6.61. The third-order valence-corrected chi connectivity index (χ3v) is 6.48. The molecule has 0 spiro atoms. The first-order chi connectivity index (χ1) is 17.8. The van der Waals surface area contributed by atoms with Crippen LogP contribution in [0.25, 0.3) is 11.3 Å². The number of nitrogens with one attached hydrogen (secondary N) is 1. The first-order valence-corrected chi connectivity index (χ1v) is 13.0. The summed E-state index contributed by atoms with van der Waals surface area (Å²) in [5.74, 6) is -0.301.